The van der Waals surface area contributed by atoms with Gasteiger partial charge in [0.1, 0.15) is 0 Å². The van der Waals surface area contributed by atoms with Gasteiger partial charge in [-0.15, -0.1) is 0 Å². The summed E-state index contributed by atoms with van der Waals surface area (Å²) >= 11 is 0. The molecule has 2 aliphatic heterocycles. The first-order chi connectivity index (χ1) is 7.58. The summed E-state index contributed by atoms with van der Waals surface area (Å²) in [5, 5.41) is 3.27. The quantitative estimate of drug-likeness (QED) is 0.668. The van der Waals surface area contributed by atoms with Gasteiger partial charge < -0.3 is 10.1 Å². The zero-order chi connectivity index (χ0) is 11.7. The van der Waals surface area contributed by atoms with E-state index < -0.39 is 0 Å². The Balaban J connectivity index is 1.90. The number of likely N-dealkylation sites (N-methyl/N-ethyl adjacent to an activating group) is 1. The SMILES string of the molecule is CC1CC(NC2CC(=O)N(C)C2=O)CCO1. The molecule has 3 atom stereocenters. The van der Waals surface area contributed by atoms with Gasteiger partial charge in [-0.25, -0.2) is 0 Å². The van der Waals surface area contributed by atoms with Crippen LogP contribution in [-0.2, 0) is 14.3 Å². The molecule has 0 bridgehead atoms. The molecule has 2 heterocycles. The van der Waals surface area contributed by atoms with Crippen LogP contribution in [0.25, 0.3) is 0 Å². The van der Waals surface area contributed by atoms with E-state index in [1.54, 1.807) is 7.05 Å². The van der Waals surface area contributed by atoms with E-state index in [-0.39, 0.29) is 30.0 Å². The van der Waals surface area contributed by atoms with E-state index in [9.17, 15) is 9.59 Å². The van der Waals surface area contributed by atoms with Gasteiger partial charge >= 0.3 is 0 Å². The van der Waals surface area contributed by atoms with Crippen LogP contribution in [0.15, 0.2) is 0 Å². The molecule has 0 saturated carbocycles. The molecule has 16 heavy (non-hydrogen) atoms. The van der Waals surface area contributed by atoms with Crippen molar-refractivity contribution in [3.8, 4) is 0 Å². The number of carbonyl (C=O) groups excluding carboxylic acids is 2. The minimum Gasteiger partial charge on any atom is -0.378 e. The topological polar surface area (TPSA) is 58.6 Å². The van der Waals surface area contributed by atoms with E-state index in [0.717, 1.165) is 19.4 Å². The van der Waals surface area contributed by atoms with Crippen LogP contribution in [-0.4, -0.2) is 48.6 Å². The maximum atomic E-state index is 11.7. The first kappa shape index (κ1) is 11.5. The fourth-order valence-corrected chi connectivity index (χ4v) is 2.32. The third kappa shape index (κ3) is 2.25. The highest BCUT2D eigenvalue weighted by molar-refractivity contribution is 6.05. The first-order valence-corrected chi connectivity index (χ1v) is 5.76. The summed E-state index contributed by atoms with van der Waals surface area (Å²) in [5.74, 6) is -0.202. The number of hydrogen-bond donors (Lipinski definition) is 1. The molecule has 1 N–H and O–H groups in total. The summed E-state index contributed by atoms with van der Waals surface area (Å²) in [5.41, 5.74) is 0. The average molecular weight is 226 g/mol. The molecular weight excluding hydrogens is 208 g/mol. The van der Waals surface area contributed by atoms with Crippen molar-refractivity contribution in [2.45, 2.75) is 44.4 Å². The molecule has 0 aliphatic carbocycles. The molecule has 2 fully saturated rings. The number of ether oxygens (including phenoxy) is 1. The van der Waals surface area contributed by atoms with Crippen LogP contribution in [0, 0.1) is 0 Å². The molecule has 2 amide bonds. The Morgan fingerprint density at radius 2 is 2.19 bits per heavy atom. The standard InChI is InChI=1S/C11H18N2O3/c1-7-5-8(3-4-16-7)12-9-6-10(14)13(2)11(9)15/h7-9,12H,3-6H2,1-2H3. The smallest absolute Gasteiger partial charge is 0.246 e. The lowest BCUT2D eigenvalue weighted by molar-refractivity contribution is -0.137. The molecule has 5 heteroatoms. The van der Waals surface area contributed by atoms with Crippen LogP contribution in [0.4, 0.5) is 0 Å². The second-order valence-corrected chi connectivity index (χ2v) is 4.62. The third-order valence-electron chi connectivity index (χ3n) is 3.30. The molecule has 90 valence electrons. The Kier molecular flexibility index (Phi) is 3.25. The highest BCUT2D eigenvalue weighted by atomic mass is 16.5. The minimum absolute atomic E-state index is 0.0948. The van der Waals surface area contributed by atoms with Gasteiger partial charge in [-0.2, -0.15) is 0 Å². The van der Waals surface area contributed by atoms with Crippen LogP contribution in [0.5, 0.6) is 0 Å². The van der Waals surface area contributed by atoms with Gasteiger partial charge in [0.15, 0.2) is 0 Å². The summed E-state index contributed by atoms with van der Waals surface area (Å²) in [6.07, 6.45) is 2.34. The first-order valence-electron chi connectivity index (χ1n) is 5.76. The largest absolute Gasteiger partial charge is 0.378 e. The van der Waals surface area contributed by atoms with Crippen LogP contribution < -0.4 is 5.32 Å². The van der Waals surface area contributed by atoms with Crippen molar-refractivity contribution in [3.05, 3.63) is 0 Å². The number of hydrogen-bond acceptors (Lipinski definition) is 4. The highest BCUT2D eigenvalue weighted by Crippen LogP contribution is 2.17. The maximum Gasteiger partial charge on any atom is 0.246 e. The van der Waals surface area contributed by atoms with Crippen molar-refractivity contribution < 1.29 is 14.3 Å². The van der Waals surface area contributed by atoms with Crippen molar-refractivity contribution in [1.82, 2.24) is 10.2 Å². The summed E-state index contributed by atoms with van der Waals surface area (Å²) < 4.78 is 5.44. The summed E-state index contributed by atoms with van der Waals surface area (Å²) in [6.45, 7) is 2.76. The number of nitrogens with one attached hydrogen (secondary N) is 1. The van der Waals surface area contributed by atoms with Gasteiger partial charge in [0.05, 0.1) is 18.6 Å². The number of amides is 2. The summed E-state index contributed by atoms with van der Waals surface area (Å²) in [6, 6.07) is -0.0372. The summed E-state index contributed by atoms with van der Waals surface area (Å²) in [4.78, 5) is 24.2. The monoisotopic (exact) mass is 226 g/mol. The Hall–Kier alpha value is -0.940. The Morgan fingerprint density at radius 1 is 1.44 bits per heavy atom. The lowest BCUT2D eigenvalue weighted by atomic mass is 10.0. The van der Waals surface area contributed by atoms with E-state index in [0.29, 0.717) is 6.42 Å². The van der Waals surface area contributed by atoms with Gasteiger partial charge in [-0.05, 0) is 19.8 Å². The predicted molar refractivity (Wildman–Crippen MR) is 57.8 cm³/mol. The highest BCUT2D eigenvalue weighted by Gasteiger charge is 2.37. The molecule has 0 aromatic carbocycles. The molecule has 0 spiro atoms. The maximum absolute atomic E-state index is 11.7. The molecule has 3 unspecified atom stereocenters. The molecule has 0 aromatic heterocycles. The molecule has 5 nitrogen and oxygen atoms in total. The van der Waals surface area contributed by atoms with Crippen molar-refractivity contribution in [2.75, 3.05) is 13.7 Å². The van der Waals surface area contributed by atoms with Gasteiger partial charge in [-0.3, -0.25) is 14.5 Å². The Morgan fingerprint density at radius 3 is 2.75 bits per heavy atom. The van der Waals surface area contributed by atoms with Gasteiger partial charge in [0.2, 0.25) is 11.8 Å². The number of rotatable bonds is 2. The van der Waals surface area contributed by atoms with Crippen molar-refractivity contribution in [2.24, 2.45) is 0 Å². The normalized spacial score (nSPS) is 35.9. The number of nitrogens with zero attached hydrogens (tertiary/aromatic N) is 1. The zero-order valence-corrected chi connectivity index (χ0v) is 9.73. The van der Waals surface area contributed by atoms with Crippen LogP contribution in [0.1, 0.15) is 26.2 Å². The van der Waals surface area contributed by atoms with Gasteiger partial charge in [-0.1, -0.05) is 0 Å². The molecular formula is C11H18N2O3. The molecule has 0 aromatic rings. The van der Waals surface area contributed by atoms with E-state index >= 15 is 0 Å². The van der Waals surface area contributed by atoms with E-state index in [1.165, 1.54) is 4.90 Å². The number of imide groups is 1. The van der Waals surface area contributed by atoms with Crippen molar-refractivity contribution in [3.63, 3.8) is 0 Å². The zero-order valence-electron chi connectivity index (χ0n) is 9.73. The van der Waals surface area contributed by atoms with Crippen molar-refractivity contribution in [1.29, 1.82) is 0 Å². The lowest BCUT2D eigenvalue weighted by Crippen LogP contribution is -2.46. The lowest BCUT2D eigenvalue weighted by Gasteiger charge is -2.29. The third-order valence-corrected chi connectivity index (χ3v) is 3.30. The van der Waals surface area contributed by atoms with E-state index in [4.69, 9.17) is 4.74 Å². The Bertz CT molecular complexity index is 306. The van der Waals surface area contributed by atoms with Crippen LogP contribution >= 0.6 is 0 Å². The molecule has 0 radical (unpaired) electrons. The molecule has 2 aliphatic rings. The molecule has 2 saturated heterocycles. The van der Waals surface area contributed by atoms with E-state index in [1.807, 2.05) is 6.92 Å². The number of carbonyl (C=O) groups is 2. The second-order valence-electron chi connectivity index (χ2n) is 4.62. The average Bonchev–Trinajstić information content (AvgIpc) is 2.47. The Labute approximate surface area is 95.1 Å². The van der Waals surface area contributed by atoms with Gasteiger partial charge in [0, 0.05) is 19.7 Å². The predicted octanol–water partition coefficient (Wildman–Crippen LogP) is -0.0992. The van der Waals surface area contributed by atoms with Crippen LogP contribution in [0.3, 0.4) is 0 Å². The molecule has 2 rings (SSSR count). The minimum atomic E-state index is -0.326. The fraction of sp³-hybridized carbons (Fsp3) is 0.818. The number of likely N-dealkylation sites (tertiary alicyclic amines) is 1. The van der Waals surface area contributed by atoms with Crippen LogP contribution in [0.2, 0.25) is 0 Å². The van der Waals surface area contributed by atoms with E-state index in [2.05, 4.69) is 5.32 Å². The summed E-state index contributed by atoms with van der Waals surface area (Å²) in [7, 11) is 1.54. The van der Waals surface area contributed by atoms with Crippen molar-refractivity contribution >= 4 is 11.8 Å². The second kappa shape index (κ2) is 4.51. The van der Waals surface area contributed by atoms with Gasteiger partial charge in [0.25, 0.3) is 0 Å². The fourth-order valence-electron chi connectivity index (χ4n) is 2.32.